The largest absolute Gasteiger partial charge is 0.432 e. The molecule has 0 saturated heterocycles. The Balaban J connectivity index is 1.87. The van der Waals surface area contributed by atoms with E-state index in [4.69, 9.17) is 10.5 Å². The fourth-order valence-corrected chi connectivity index (χ4v) is 4.14. The Morgan fingerprint density at radius 3 is 2.59 bits per heavy atom. The van der Waals surface area contributed by atoms with E-state index in [0.29, 0.717) is 0 Å². The van der Waals surface area contributed by atoms with E-state index >= 15 is 0 Å². The number of aromatic nitrogens is 2. The molecule has 0 amide bonds. The van der Waals surface area contributed by atoms with E-state index in [1.807, 2.05) is 6.92 Å². The highest BCUT2D eigenvalue weighted by atomic mass is 19.3. The second-order valence-corrected chi connectivity index (χ2v) is 8.35. The highest BCUT2D eigenvalue weighted by Gasteiger charge is 2.51. The third-order valence-corrected chi connectivity index (χ3v) is 6.14. The lowest BCUT2D eigenvalue weighted by Crippen LogP contribution is -2.44. The molecule has 1 aromatic heterocycles. The summed E-state index contributed by atoms with van der Waals surface area (Å²) in [5.74, 6) is -1.84. The number of rotatable bonds is 7. The Morgan fingerprint density at radius 2 is 1.97 bits per heavy atom. The van der Waals surface area contributed by atoms with Crippen LogP contribution in [0.15, 0.2) is 18.2 Å². The first-order valence-electron chi connectivity index (χ1n) is 10.0. The van der Waals surface area contributed by atoms with E-state index in [1.54, 1.807) is 6.92 Å². The molecule has 32 heavy (non-hydrogen) atoms. The lowest BCUT2D eigenvalue weighted by Gasteiger charge is -2.26. The number of fused-ring (bicyclic) bond motifs is 1. The van der Waals surface area contributed by atoms with Crippen molar-refractivity contribution in [3.05, 3.63) is 45.6 Å². The normalized spacial score (nSPS) is 19.8. The van der Waals surface area contributed by atoms with Gasteiger partial charge in [-0.25, -0.2) is 13.2 Å². The van der Waals surface area contributed by atoms with Crippen LogP contribution in [-0.4, -0.2) is 22.5 Å². The molecule has 0 aliphatic heterocycles. The molecule has 7 nitrogen and oxygen atoms in total. The SMILES string of the molecule is C[C@@H](Nc1nnc(N)c2c1=C(OC=O)[C@@H](C1(C)CC1)C(=O)C=2)c1cccc(C(F)F)c1F. The van der Waals surface area contributed by atoms with Crippen molar-refractivity contribution in [2.75, 3.05) is 11.1 Å². The molecular weight excluding hydrogens is 425 g/mol. The third kappa shape index (κ3) is 3.59. The zero-order chi connectivity index (χ0) is 23.2. The molecule has 1 fully saturated rings. The van der Waals surface area contributed by atoms with Crippen LogP contribution in [-0.2, 0) is 14.3 Å². The van der Waals surface area contributed by atoms with Crippen molar-refractivity contribution in [2.45, 2.75) is 39.2 Å². The minimum atomic E-state index is -2.96. The molecule has 1 aromatic carbocycles. The van der Waals surface area contributed by atoms with Gasteiger partial charge in [0.25, 0.3) is 12.9 Å². The highest BCUT2D eigenvalue weighted by Crippen LogP contribution is 2.55. The van der Waals surface area contributed by atoms with Gasteiger partial charge in [-0.1, -0.05) is 25.1 Å². The molecule has 0 unspecified atom stereocenters. The van der Waals surface area contributed by atoms with Crippen LogP contribution in [0, 0.1) is 17.2 Å². The summed E-state index contributed by atoms with van der Waals surface area (Å²) in [4.78, 5) is 24.2. The van der Waals surface area contributed by atoms with Gasteiger partial charge in [-0.15, -0.1) is 10.2 Å². The average molecular weight is 446 g/mol. The summed E-state index contributed by atoms with van der Waals surface area (Å²) in [6.45, 7) is 3.71. The third-order valence-electron chi connectivity index (χ3n) is 6.14. The maximum absolute atomic E-state index is 14.7. The molecule has 10 heteroatoms. The fraction of sp³-hybridized carbons (Fsp3) is 0.364. The molecule has 0 spiro atoms. The molecule has 2 atom stereocenters. The van der Waals surface area contributed by atoms with Crippen molar-refractivity contribution in [1.29, 1.82) is 0 Å². The molecule has 4 rings (SSSR count). The van der Waals surface area contributed by atoms with Crippen LogP contribution in [0.25, 0.3) is 11.8 Å². The average Bonchev–Trinajstić information content (AvgIpc) is 3.48. The number of hydrogen-bond acceptors (Lipinski definition) is 7. The monoisotopic (exact) mass is 446 g/mol. The van der Waals surface area contributed by atoms with Gasteiger partial charge in [0.15, 0.2) is 17.4 Å². The maximum atomic E-state index is 14.7. The summed E-state index contributed by atoms with van der Waals surface area (Å²) >= 11 is 0. The first-order valence-corrected chi connectivity index (χ1v) is 10.0. The second kappa shape index (κ2) is 7.92. The molecule has 1 heterocycles. The summed E-state index contributed by atoms with van der Waals surface area (Å²) in [6.07, 6.45) is -0.0689. The number of halogens is 3. The zero-order valence-corrected chi connectivity index (χ0v) is 17.4. The highest BCUT2D eigenvalue weighted by molar-refractivity contribution is 6.13. The summed E-state index contributed by atoms with van der Waals surface area (Å²) in [5, 5.41) is 11.4. The minimum Gasteiger partial charge on any atom is -0.432 e. The van der Waals surface area contributed by atoms with Crippen molar-refractivity contribution in [2.24, 2.45) is 11.3 Å². The van der Waals surface area contributed by atoms with Crippen LogP contribution in [0.1, 0.15) is 50.3 Å². The number of benzene rings is 1. The standard InChI is InChI=1S/C22H21F3N4O3/c1-10(11-4-3-5-12(17(11)23)19(24)25)27-21-15-13(20(26)28-29-21)8-14(31)16(18(15)32-9-30)22(2)6-7-22/h3-5,8-10,16,19H,6-7H2,1-2H3,(H2,26,28)(H,27,29)/t10-,16+/m1/s1. The lowest BCUT2D eigenvalue weighted by atomic mass is 9.81. The van der Waals surface area contributed by atoms with Gasteiger partial charge in [-0.05, 0) is 31.3 Å². The van der Waals surface area contributed by atoms with Gasteiger partial charge >= 0.3 is 0 Å². The van der Waals surface area contributed by atoms with E-state index in [2.05, 4.69) is 15.5 Å². The van der Waals surface area contributed by atoms with Gasteiger partial charge < -0.3 is 15.8 Å². The van der Waals surface area contributed by atoms with Gasteiger partial charge in [-0.3, -0.25) is 9.59 Å². The summed E-state index contributed by atoms with van der Waals surface area (Å²) in [5.41, 5.74) is 4.85. The lowest BCUT2D eigenvalue weighted by molar-refractivity contribution is -0.124. The molecule has 2 aromatic rings. The minimum absolute atomic E-state index is 0.00500. The van der Waals surface area contributed by atoms with Gasteiger partial charge in [0.1, 0.15) is 11.6 Å². The van der Waals surface area contributed by atoms with Gasteiger partial charge in [0.05, 0.1) is 22.7 Å². The number of Topliss-reactive ketones (excluding diaryl/α,β-unsaturated/α-hetero) is 1. The molecule has 0 radical (unpaired) electrons. The van der Waals surface area contributed by atoms with Crippen LogP contribution in [0.5, 0.6) is 0 Å². The Morgan fingerprint density at radius 1 is 1.28 bits per heavy atom. The number of ether oxygens (including phenoxy) is 1. The van der Waals surface area contributed by atoms with Crippen LogP contribution >= 0.6 is 0 Å². The zero-order valence-electron chi connectivity index (χ0n) is 17.4. The maximum Gasteiger partial charge on any atom is 0.298 e. The Kier molecular flexibility index (Phi) is 5.39. The molecule has 2 aliphatic rings. The Bertz CT molecular complexity index is 1230. The summed E-state index contributed by atoms with van der Waals surface area (Å²) in [7, 11) is 0. The number of nitrogens with zero attached hydrogens (tertiary/aromatic N) is 2. The van der Waals surface area contributed by atoms with E-state index < -0.39 is 29.8 Å². The van der Waals surface area contributed by atoms with Crippen molar-refractivity contribution in [1.82, 2.24) is 10.2 Å². The first kappa shape index (κ1) is 21.8. The van der Waals surface area contributed by atoms with Crippen molar-refractivity contribution in [3.63, 3.8) is 0 Å². The number of carbonyl (C=O) groups is 2. The van der Waals surface area contributed by atoms with Crippen LogP contribution < -0.4 is 21.5 Å². The molecule has 168 valence electrons. The van der Waals surface area contributed by atoms with Gasteiger partial charge in [0, 0.05) is 10.8 Å². The van der Waals surface area contributed by atoms with Gasteiger partial charge in [-0.2, -0.15) is 0 Å². The summed E-state index contributed by atoms with van der Waals surface area (Å²) in [6, 6.07) is 2.94. The number of ketones is 1. The number of nitrogens with two attached hydrogens (primary N) is 1. The van der Waals surface area contributed by atoms with Crippen molar-refractivity contribution < 1.29 is 27.5 Å². The number of nitrogens with one attached hydrogen (secondary N) is 1. The quantitative estimate of drug-likeness (QED) is 0.629. The second-order valence-electron chi connectivity index (χ2n) is 8.35. The molecule has 2 aliphatic carbocycles. The van der Waals surface area contributed by atoms with E-state index in [1.165, 1.54) is 18.2 Å². The number of hydrogen-bond donors (Lipinski definition) is 2. The molecule has 0 bridgehead atoms. The summed E-state index contributed by atoms with van der Waals surface area (Å²) < 4.78 is 46.2. The number of nitrogen functional groups attached to an aromatic ring is 1. The van der Waals surface area contributed by atoms with Crippen LogP contribution in [0.2, 0.25) is 0 Å². The van der Waals surface area contributed by atoms with Crippen molar-refractivity contribution >= 4 is 35.7 Å². The number of anilines is 2. The van der Waals surface area contributed by atoms with E-state index in [9.17, 15) is 22.8 Å². The van der Waals surface area contributed by atoms with Crippen LogP contribution in [0.4, 0.5) is 24.8 Å². The molecule has 3 N–H and O–H groups in total. The van der Waals surface area contributed by atoms with Crippen molar-refractivity contribution in [3.8, 4) is 0 Å². The smallest absolute Gasteiger partial charge is 0.298 e. The molecular formula is C22H21F3N4O3. The Labute approximate surface area is 181 Å². The Hall–Kier alpha value is -3.43. The predicted molar refractivity (Wildman–Crippen MR) is 110 cm³/mol. The van der Waals surface area contributed by atoms with Crippen LogP contribution in [0.3, 0.4) is 0 Å². The predicted octanol–water partition coefficient (Wildman–Crippen LogP) is 2.37. The van der Waals surface area contributed by atoms with E-state index in [0.717, 1.165) is 18.9 Å². The first-order chi connectivity index (χ1) is 15.2. The fourth-order valence-electron chi connectivity index (χ4n) is 4.14. The number of carbonyl (C=O) groups excluding carboxylic acids is 2. The topological polar surface area (TPSA) is 107 Å². The van der Waals surface area contributed by atoms with E-state index in [-0.39, 0.29) is 51.1 Å². The van der Waals surface area contributed by atoms with Gasteiger partial charge in [0.2, 0.25) is 0 Å². The number of alkyl halides is 2. The molecule has 1 saturated carbocycles.